The van der Waals surface area contributed by atoms with Crippen molar-refractivity contribution in [3.8, 4) is 0 Å². The van der Waals surface area contributed by atoms with Gasteiger partial charge in [-0.3, -0.25) is 4.90 Å². The van der Waals surface area contributed by atoms with E-state index in [1.165, 1.54) is 37.1 Å². The van der Waals surface area contributed by atoms with Gasteiger partial charge in [-0.25, -0.2) is 0 Å². The highest BCUT2D eigenvalue weighted by atomic mass is 16.5. The third-order valence-corrected chi connectivity index (χ3v) is 6.17. The maximum Gasteiger partial charge on any atom is 0.138 e. The Bertz CT molecular complexity index is 692. The van der Waals surface area contributed by atoms with Gasteiger partial charge in [-0.05, 0) is 51.0 Å². The topological polar surface area (TPSA) is 41.3 Å². The lowest BCUT2D eigenvalue weighted by Gasteiger charge is -2.25. The molecule has 0 radical (unpaired) electrons. The molecule has 1 aromatic heterocycles. The van der Waals surface area contributed by atoms with Gasteiger partial charge < -0.3 is 9.84 Å². The molecule has 4 atom stereocenters. The van der Waals surface area contributed by atoms with Gasteiger partial charge in [-0.1, -0.05) is 35.5 Å². The van der Waals surface area contributed by atoms with Gasteiger partial charge in [0.15, 0.2) is 0 Å². The number of rotatable bonds is 5. The smallest absolute Gasteiger partial charge is 0.138 e. The summed E-state index contributed by atoms with van der Waals surface area (Å²) in [4.78, 5) is 2.64. The van der Waals surface area contributed by atoms with Crippen LogP contribution in [0.3, 0.4) is 0 Å². The maximum absolute atomic E-state index is 5.35. The SMILES string of the molecule is Cc1noc(C)c1[C@H](C)N[C@@H]1CC[C@@H]2CN(Cc3ccccc3)C[C@@H]21. The third kappa shape index (κ3) is 3.38. The Morgan fingerprint density at radius 2 is 2.00 bits per heavy atom. The van der Waals surface area contributed by atoms with Crippen LogP contribution >= 0.6 is 0 Å². The van der Waals surface area contributed by atoms with Crippen molar-refractivity contribution in [2.75, 3.05) is 13.1 Å². The van der Waals surface area contributed by atoms with Gasteiger partial charge in [0.2, 0.25) is 0 Å². The summed E-state index contributed by atoms with van der Waals surface area (Å²) in [5.41, 5.74) is 3.68. The molecule has 4 nitrogen and oxygen atoms in total. The molecule has 4 rings (SSSR count). The first-order chi connectivity index (χ1) is 12.1. The molecule has 25 heavy (non-hydrogen) atoms. The van der Waals surface area contributed by atoms with Gasteiger partial charge in [-0.2, -0.15) is 0 Å². The van der Waals surface area contributed by atoms with E-state index in [-0.39, 0.29) is 0 Å². The van der Waals surface area contributed by atoms with Gasteiger partial charge in [0.25, 0.3) is 0 Å². The molecule has 2 aliphatic rings. The molecule has 0 bridgehead atoms. The Balaban J connectivity index is 1.39. The summed E-state index contributed by atoms with van der Waals surface area (Å²) in [6.45, 7) is 9.85. The number of aromatic nitrogens is 1. The Kier molecular flexibility index (Phi) is 4.65. The van der Waals surface area contributed by atoms with Crippen LogP contribution in [0.15, 0.2) is 34.9 Å². The molecule has 2 fully saturated rings. The molecule has 2 aromatic rings. The highest BCUT2D eigenvalue weighted by Gasteiger charge is 2.42. The lowest BCUT2D eigenvalue weighted by molar-refractivity contribution is 0.283. The Morgan fingerprint density at radius 3 is 2.72 bits per heavy atom. The highest BCUT2D eigenvalue weighted by Crippen LogP contribution is 2.39. The number of likely N-dealkylation sites (tertiary alicyclic amines) is 1. The zero-order chi connectivity index (χ0) is 17.4. The molecular formula is C21H29N3O. The van der Waals surface area contributed by atoms with E-state index in [9.17, 15) is 0 Å². The van der Waals surface area contributed by atoms with Crippen molar-refractivity contribution in [2.24, 2.45) is 11.8 Å². The van der Waals surface area contributed by atoms with E-state index in [1.807, 2.05) is 13.8 Å². The van der Waals surface area contributed by atoms with E-state index < -0.39 is 0 Å². The van der Waals surface area contributed by atoms with Crippen molar-refractivity contribution < 1.29 is 4.52 Å². The normalized spacial score (nSPS) is 27.6. The molecule has 4 heteroatoms. The first-order valence-electron chi connectivity index (χ1n) is 9.57. The summed E-state index contributed by atoms with van der Waals surface area (Å²) in [5, 5.41) is 8.01. The Morgan fingerprint density at radius 1 is 1.20 bits per heavy atom. The van der Waals surface area contributed by atoms with Crippen LogP contribution in [0.25, 0.3) is 0 Å². The second-order valence-corrected chi connectivity index (χ2v) is 7.91. The largest absolute Gasteiger partial charge is 0.361 e. The van der Waals surface area contributed by atoms with Crippen molar-refractivity contribution in [3.05, 3.63) is 52.9 Å². The van der Waals surface area contributed by atoms with E-state index in [0.717, 1.165) is 29.8 Å². The number of benzene rings is 1. The Labute approximate surface area is 150 Å². The van der Waals surface area contributed by atoms with Crippen LogP contribution in [0.2, 0.25) is 0 Å². The second kappa shape index (κ2) is 6.93. The van der Waals surface area contributed by atoms with E-state index in [1.54, 1.807) is 0 Å². The van der Waals surface area contributed by atoms with Crippen LogP contribution in [-0.4, -0.2) is 29.2 Å². The zero-order valence-electron chi connectivity index (χ0n) is 15.5. The van der Waals surface area contributed by atoms with Crippen LogP contribution < -0.4 is 5.32 Å². The second-order valence-electron chi connectivity index (χ2n) is 7.91. The summed E-state index contributed by atoms with van der Waals surface area (Å²) in [7, 11) is 0. The molecule has 1 aliphatic heterocycles. The lowest BCUT2D eigenvalue weighted by atomic mass is 9.96. The van der Waals surface area contributed by atoms with Crippen LogP contribution in [0.1, 0.15) is 48.4 Å². The summed E-state index contributed by atoms with van der Waals surface area (Å²) in [6.07, 6.45) is 2.64. The van der Waals surface area contributed by atoms with E-state index in [0.29, 0.717) is 12.1 Å². The highest BCUT2D eigenvalue weighted by molar-refractivity contribution is 5.24. The number of hydrogen-bond donors (Lipinski definition) is 1. The molecule has 0 spiro atoms. The van der Waals surface area contributed by atoms with Crippen molar-refractivity contribution in [1.29, 1.82) is 0 Å². The number of hydrogen-bond acceptors (Lipinski definition) is 4. The summed E-state index contributed by atoms with van der Waals surface area (Å²) in [5.74, 6) is 2.56. The molecule has 0 unspecified atom stereocenters. The number of aryl methyl sites for hydroxylation is 2. The predicted molar refractivity (Wildman–Crippen MR) is 99.2 cm³/mol. The quantitative estimate of drug-likeness (QED) is 0.898. The Hall–Kier alpha value is -1.65. The van der Waals surface area contributed by atoms with Crippen LogP contribution in [0.4, 0.5) is 0 Å². The standard InChI is InChI=1S/C21H29N3O/c1-14(21-15(2)23-25-16(21)3)22-20-10-9-18-12-24(13-19(18)20)11-17-7-5-4-6-8-17/h4-8,14,18-20,22H,9-13H2,1-3H3/t14-,18+,19-,20+/m0/s1. The maximum atomic E-state index is 5.35. The first kappa shape index (κ1) is 16.8. The van der Waals surface area contributed by atoms with Gasteiger partial charge in [0.1, 0.15) is 5.76 Å². The van der Waals surface area contributed by atoms with Crippen molar-refractivity contribution in [2.45, 2.75) is 52.2 Å². The zero-order valence-corrected chi connectivity index (χ0v) is 15.5. The third-order valence-electron chi connectivity index (χ3n) is 6.17. The first-order valence-corrected chi connectivity index (χ1v) is 9.57. The van der Waals surface area contributed by atoms with Crippen molar-refractivity contribution in [1.82, 2.24) is 15.4 Å². The minimum absolute atomic E-state index is 0.304. The molecule has 1 N–H and O–H groups in total. The molecule has 1 saturated carbocycles. The molecule has 0 amide bonds. The molecule has 1 aromatic carbocycles. The monoisotopic (exact) mass is 339 g/mol. The number of nitrogens with zero attached hydrogens (tertiary/aromatic N) is 2. The summed E-state index contributed by atoms with van der Waals surface area (Å²) < 4.78 is 5.35. The summed E-state index contributed by atoms with van der Waals surface area (Å²) in [6, 6.07) is 11.8. The fraction of sp³-hybridized carbons (Fsp3) is 0.571. The van der Waals surface area contributed by atoms with Crippen LogP contribution in [0, 0.1) is 25.7 Å². The van der Waals surface area contributed by atoms with Crippen LogP contribution in [-0.2, 0) is 6.54 Å². The van der Waals surface area contributed by atoms with E-state index in [4.69, 9.17) is 4.52 Å². The molecule has 2 heterocycles. The average molecular weight is 339 g/mol. The number of fused-ring (bicyclic) bond motifs is 1. The van der Waals surface area contributed by atoms with Gasteiger partial charge in [-0.15, -0.1) is 0 Å². The van der Waals surface area contributed by atoms with Gasteiger partial charge in [0, 0.05) is 37.3 Å². The fourth-order valence-corrected chi connectivity index (χ4v) is 5.05. The molecule has 1 aliphatic carbocycles. The lowest BCUT2D eigenvalue weighted by Crippen LogP contribution is -2.37. The molecule has 1 saturated heterocycles. The van der Waals surface area contributed by atoms with Crippen molar-refractivity contribution >= 4 is 0 Å². The van der Waals surface area contributed by atoms with Crippen LogP contribution in [0.5, 0.6) is 0 Å². The molecular weight excluding hydrogens is 310 g/mol. The molecule has 134 valence electrons. The minimum atomic E-state index is 0.304. The predicted octanol–water partition coefficient (Wildman–Crippen LogP) is 3.85. The minimum Gasteiger partial charge on any atom is -0.361 e. The van der Waals surface area contributed by atoms with Gasteiger partial charge >= 0.3 is 0 Å². The average Bonchev–Trinajstić information content (AvgIpc) is 3.25. The number of nitrogens with one attached hydrogen (secondary N) is 1. The van der Waals surface area contributed by atoms with Gasteiger partial charge in [0.05, 0.1) is 5.69 Å². The van der Waals surface area contributed by atoms with E-state index >= 15 is 0 Å². The fourth-order valence-electron chi connectivity index (χ4n) is 5.05. The summed E-state index contributed by atoms with van der Waals surface area (Å²) >= 11 is 0. The van der Waals surface area contributed by atoms with Crippen molar-refractivity contribution in [3.63, 3.8) is 0 Å². The van der Waals surface area contributed by atoms with E-state index in [2.05, 4.69) is 52.6 Å².